The van der Waals surface area contributed by atoms with Gasteiger partial charge in [-0.1, -0.05) is 6.92 Å². The van der Waals surface area contributed by atoms with Crippen LogP contribution in [0.15, 0.2) is 6.07 Å². The lowest BCUT2D eigenvalue weighted by Gasteiger charge is -2.19. The first-order chi connectivity index (χ1) is 10.1. The van der Waals surface area contributed by atoms with Crippen LogP contribution >= 0.6 is 0 Å². The number of methoxy groups -OCH3 is 1. The van der Waals surface area contributed by atoms with E-state index in [1.165, 1.54) is 7.11 Å². The zero-order chi connectivity index (χ0) is 15.2. The molecule has 0 spiro atoms. The second-order valence-electron chi connectivity index (χ2n) is 5.19. The Morgan fingerprint density at radius 1 is 1.52 bits per heavy atom. The van der Waals surface area contributed by atoms with Crippen molar-refractivity contribution in [3.05, 3.63) is 11.8 Å². The molecule has 1 saturated heterocycles. The highest BCUT2D eigenvalue weighted by molar-refractivity contribution is 5.67. The molecular weight excluding hydrogens is 270 g/mol. The lowest BCUT2D eigenvalue weighted by atomic mass is 10.3. The van der Waals surface area contributed by atoms with Crippen molar-refractivity contribution in [2.45, 2.75) is 32.7 Å². The second kappa shape index (κ2) is 7.10. The van der Waals surface area contributed by atoms with Crippen molar-refractivity contribution in [3.8, 4) is 0 Å². The Balaban J connectivity index is 2.01. The summed E-state index contributed by atoms with van der Waals surface area (Å²) in [6, 6.07) is 2.07. The first-order valence-electron chi connectivity index (χ1n) is 7.31. The number of alkyl carbamates (subject to hydrolysis) is 1. The zero-order valence-electron chi connectivity index (χ0n) is 12.8. The maximum absolute atomic E-state index is 11.2. The Bertz CT molecular complexity index is 494. The predicted octanol–water partition coefficient (Wildman–Crippen LogP) is 1.54. The monoisotopic (exact) mass is 293 g/mol. The molecule has 7 nitrogen and oxygen atoms in total. The Labute approximate surface area is 125 Å². The minimum absolute atomic E-state index is 0.0970. The minimum atomic E-state index is -0.383. The van der Waals surface area contributed by atoms with E-state index >= 15 is 0 Å². The van der Waals surface area contributed by atoms with Crippen molar-refractivity contribution in [1.29, 1.82) is 0 Å². The molecule has 2 heterocycles. The third-order valence-corrected chi connectivity index (χ3v) is 3.39. The van der Waals surface area contributed by atoms with Gasteiger partial charge in [0.25, 0.3) is 0 Å². The van der Waals surface area contributed by atoms with Gasteiger partial charge in [-0.25, -0.2) is 9.78 Å². The van der Waals surface area contributed by atoms with Gasteiger partial charge in [0, 0.05) is 31.4 Å². The van der Waals surface area contributed by atoms with Crippen LogP contribution < -0.4 is 15.5 Å². The number of ether oxygens (including phenoxy) is 1. The summed E-state index contributed by atoms with van der Waals surface area (Å²) >= 11 is 0. The summed E-state index contributed by atoms with van der Waals surface area (Å²) in [5.74, 6) is 1.56. The van der Waals surface area contributed by atoms with E-state index in [1.807, 2.05) is 13.0 Å². The van der Waals surface area contributed by atoms with Crippen molar-refractivity contribution in [2.75, 3.05) is 37.0 Å². The van der Waals surface area contributed by atoms with Gasteiger partial charge in [-0.2, -0.15) is 4.98 Å². The molecule has 1 unspecified atom stereocenters. The number of amides is 1. The Kier molecular flexibility index (Phi) is 5.19. The maximum Gasteiger partial charge on any atom is 0.407 e. The van der Waals surface area contributed by atoms with Crippen molar-refractivity contribution in [3.63, 3.8) is 0 Å². The number of anilines is 2. The lowest BCUT2D eigenvalue weighted by Crippen LogP contribution is -2.37. The molecule has 1 aliphatic heterocycles. The summed E-state index contributed by atoms with van der Waals surface area (Å²) in [7, 11) is 1.38. The predicted molar refractivity (Wildman–Crippen MR) is 81.7 cm³/mol. The molecule has 1 amide bonds. The highest BCUT2D eigenvalue weighted by atomic mass is 16.5. The fourth-order valence-corrected chi connectivity index (χ4v) is 2.34. The fraction of sp³-hybridized carbons (Fsp3) is 0.643. The standard InChI is InChI=1S/C14H23N5O2/c1-4-6-15-13-16-10(2)8-12(18-13)19-7-5-11(9-19)17-14(20)21-3/h8,11H,4-7,9H2,1-3H3,(H,17,20)(H,15,16,18). The van der Waals surface area contributed by atoms with Crippen LogP contribution in [-0.4, -0.2) is 48.8 Å². The van der Waals surface area contributed by atoms with Gasteiger partial charge in [-0.15, -0.1) is 0 Å². The van der Waals surface area contributed by atoms with Crippen LogP contribution in [0.1, 0.15) is 25.5 Å². The number of carbonyl (C=O) groups excluding carboxylic acids is 1. The molecule has 0 saturated carbocycles. The first-order valence-corrected chi connectivity index (χ1v) is 7.31. The Morgan fingerprint density at radius 3 is 3.05 bits per heavy atom. The Hall–Kier alpha value is -2.05. The Morgan fingerprint density at radius 2 is 2.33 bits per heavy atom. The van der Waals surface area contributed by atoms with Crippen LogP contribution in [-0.2, 0) is 4.74 Å². The van der Waals surface area contributed by atoms with Crippen LogP contribution in [0.5, 0.6) is 0 Å². The molecule has 1 atom stereocenters. The minimum Gasteiger partial charge on any atom is -0.453 e. The highest BCUT2D eigenvalue weighted by Gasteiger charge is 2.25. The summed E-state index contributed by atoms with van der Waals surface area (Å²) in [6.07, 6.45) is 1.53. The molecule has 7 heteroatoms. The van der Waals surface area contributed by atoms with Gasteiger partial charge >= 0.3 is 6.09 Å². The van der Waals surface area contributed by atoms with Gasteiger partial charge in [0.05, 0.1) is 13.2 Å². The molecule has 1 aromatic rings. The van der Waals surface area contributed by atoms with Crippen molar-refractivity contribution < 1.29 is 9.53 Å². The molecular formula is C14H23N5O2. The van der Waals surface area contributed by atoms with E-state index in [2.05, 4.69) is 37.2 Å². The second-order valence-corrected chi connectivity index (χ2v) is 5.19. The van der Waals surface area contributed by atoms with Gasteiger partial charge in [-0.05, 0) is 19.8 Å². The summed E-state index contributed by atoms with van der Waals surface area (Å²) < 4.78 is 4.63. The molecule has 0 bridgehead atoms. The fourth-order valence-electron chi connectivity index (χ4n) is 2.34. The normalized spacial score (nSPS) is 17.7. The van der Waals surface area contributed by atoms with Crippen LogP contribution in [0.2, 0.25) is 0 Å². The summed E-state index contributed by atoms with van der Waals surface area (Å²) in [4.78, 5) is 22.3. The molecule has 2 rings (SSSR count). The SMILES string of the molecule is CCCNc1nc(C)cc(N2CCC(NC(=O)OC)C2)n1. The number of aromatic nitrogens is 2. The van der Waals surface area contributed by atoms with E-state index in [4.69, 9.17) is 0 Å². The van der Waals surface area contributed by atoms with Crippen LogP contribution in [0.4, 0.5) is 16.6 Å². The van der Waals surface area contributed by atoms with E-state index < -0.39 is 0 Å². The van der Waals surface area contributed by atoms with Crippen molar-refractivity contribution >= 4 is 17.9 Å². The molecule has 116 valence electrons. The van der Waals surface area contributed by atoms with E-state index in [9.17, 15) is 4.79 Å². The molecule has 0 radical (unpaired) electrons. The number of nitrogens with one attached hydrogen (secondary N) is 2. The van der Waals surface area contributed by atoms with Gasteiger partial charge in [-0.3, -0.25) is 0 Å². The summed E-state index contributed by atoms with van der Waals surface area (Å²) in [5.41, 5.74) is 0.933. The maximum atomic E-state index is 11.2. The third kappa shape index (κ3) is 4.21. The average molecular weight is 293 g/mol. The van der Waals surface area contributed by atoms with Crippen molar-refractivity contribution in [2.24, 2.45) is 0 Å². The van der Waals surface area contributed by atoms with E-state index in [0.29, 0.717) is 5.95 Å². The van der Waals surface area contributed by atoms with Gasteiger partial charge in [0.2, 0.25) is 5.95 Å². The van der Waals surface area contributed by atoms with Crippen LogP contribution in [0, 0.1) is 6.92 Å². The van der Waals surface area contributed by atoms with Crippen LogP contribution in [0.25, 0.3) is 0 Å². The van der Waals surface area contributed by atoms with Crippen molar-refractivity contribution in [1.82, 2.24) is 15.3 Å². The molecule has 2 N–H and O–H groups in total. The number of aryl methyl sites for hydroxylation is 1. The smallest absolute Gasteiger partial charge is 0.407 e. The molecule has 1 aromatic heterocycles. The third-order valence-electron chi connectivity index (χ3n) is 3.39. The zero-order valence-corrected chi connectivity index (χ0v) is 12.8. The largest absolute Gasteiger partial charge is 0.453 e. The van der Waals surface area contributed by atoms with Gasteiger partial charge in [0.1, 0.15) is 5.82 Å². The number of rotatable bonds is 5. The van der Waals surface area contributed by atoms with Crippen LogP contribution in [0.3, 0.4) is 0 Å². The number of nitrogens with zero attached hydrogens (tertiary/aromatic N) is 3. The van der Waals surface area contributed by atoms with E-state index in [0.717, 1.165) is 44.0 Å². The summed E-state index contributed by atoms with van der Waals surface area (Å²) in [6.45, 7) is 6.52. The van der Waals surface area contributed by atoms with E-state index in [-0.39, 0.29) is 12.1 Å². The quantitative estimate of drug-likeness (QED) is 0.857. The number of hydrogen-bond acceptors (Lipinski definition) is 6. The molecule has 0 aromatic carbocycles. The van der Waals surface area contributed by atoms with E-state index in [1.54, 1.807) is 0 Å². The van der Waals surface area contributed by atoms with Gasteiger partial charge < -0.3 is 20.3 Å². The lowest BCUT2D eigenvalue weighted by molar-refractivity contribution is 0.167. The first kappa shape index (κ1) is 15.3. The number of carbonyl (C=O) groups is 1. The topological polar surface area (TPSA) is 79.4 Å². The molecule has 0 aliphatic carbocycles. The molecule has 1 fully saturated rings. The van der Waals surface area contributed by atoms with Gasteiger partial charge in [0.15, 0.2) is 0 Å². The highest BCUT2D eigenvalue weighted by Crippen LogP contribution is 2.20. The number of hydrogen-bond donors (Lipinski definition) is 2. The summed E-state index contributed by atoms with van der Waals surface area (Å²) in [5, 5.41) is 6.04. The molecule has 1 aliphatic rings. The molecule has 21 heavy (non-hydrogen) atoms. The average Bonchev–Trinajstić information content (AvgIpc) is 2.93.